The number of ether oxygens (including phenoxy) is 2. The summed E-state index contributed by atoms with van der Waals surface area (Å²) in [6.45, 7) is 3.84. The minimum absolute atomic E-state index is 0. The number of nitrogens with one attached hydrogen (secondary N) is 3. The van der Waals surface area contributed by atoms with Gasteiger partial charge in [-0.05, 0) is 48.9 Å². The van der Waals surface area contributed by atoms with Crippen molar-refractivity contribution < 1.29 is 9.47 Å². The molecule has 1 aromatic heterocycles. The average Bonchev–Trinajstić information content (AvgIpc) is 3.25. The van der Waals surface area contributed by atoms with E-state index in [1.807, 2.05) is 55.5 Å². The number of hydrogen-bond donors (Lipinski definition) is 3. The third kappa shape index (κ3) is 6.61. The van der Waals surface area contributed by atoms with E-state index in [1.54, 1.807) is 14.2 Å². The lowest BCUT2D eigenvalue weighted by Crippen LogP contribution is -2.37. The quantitative estimate of drug-likeness (QED) is 0.239. The number of rotatable bonds is 8. The Morgan fingerprint density at radius 2 is 1.60 bits per heavy atom. The summed E-state index contributed by atoms with van der Waals surface area (Å²) < 4.78 is 10.4. The van der Waals surface area contributed by atoms with Crippen LogP contribution < -0.4 is 20.1 Å². The van der Waals surface area contributed by atoms with Crippen LogP contribution in [0.3, 0.4) is 0 Å². The van der Waals surface area contributed by atoms with Crippen molar-refractivity contribution >= 4 is 29.9 Å². The molecule has 160 valence electrons. The van der Waals surface area contributed by atoms with Crippen LogP contribution in [0, 0.1) is 0 Å². The van der Waals surface area contributed by atoms with E-state index in [0.717, 1.165) is 35.0 Å². The van der Waals surface area contributed by atoms with Crippen LogP contribution in [0.5, 0.6) is 11.5 Å². The second-order valence-electron chi connectivity index (χ2n) is 6.23. The smallest absolute Gasteiger partial charge is 0.191 e. The highest BCUT2D eigenvalue weighted by Crippen LogP contribution is 2.18. The zero-order valence-electron chi connectivity index (χ0n) is 17.3. The van der Waals surface area contributed by atoms with Crippen LogP contribution in [-0.4, -0.2) is 41.9 Å². The zero-order valence-corrected chi connectivity index (χ0v) is 19.6. The Kier molecular flexibility index (Phi) is 9.39. The highest BCUT2D eigenvalue weighted by atomic mass is 127. The summed E-state index contributed by atoms with van der Waals surface area (Å²) in [6, 6.07) is 15.5. The summed E-state index contributed by atoms with van der Waals surface area (Å²) in [7, 11) is 3.30. The maximum atomic E-state index is 5.18. The van der Waals surface area contributed by atoms with Gasteiger partial charge in [0.1, 0.15) is 17.3 Å². The fourth-order valence-electron chi connectivity index (χ4n) is 2.65. The maximum Gasteiger partial charge on any atom is 0.191 e. The van der Waals surface area contributed by atoms with Gasteiger partial charge in [-0.25, -0.2) is 9.98 Å². The van der Waals surface area contributed by atoms with E-state index in [0.29, 0.717) is 24.9 Å². The van der Waals surface area contributed by atoms with E-state index in [1.165, 1.54) is 0 Å². The Hall–Kier alpha value is -2.82. The number of H-pyrrole nitrogens is 1. The summed E-state index contributed by atoms with van der Waals surface area (Å²) in [4.78, 5) is 9.15. The lowest BCUT2D eigenvalue weighted by atomic mass is 10.2. The SMILES string of the molecule is CCNC(=NCc1ccc(OC)cc1)NCc1nc(-c2ccc(OC)cc2)n[nH]1.I. The van der Waals surface area contributed by atoms with Gasteiger partial charge in [-0.15, -0.1) is 24.0 Å². The van der Waals surface area contributed by atoms with Crippen molar-refractivity contribution in [3.8, 4) is 22.9 Å². The van der Waals surface area contributed by atoms with Crippen LogP contribution in [-0.2, 0) is 13.1 Å². The van der Waals surface area contributed by atoms with E-state index in [9.17, 15) is 0 Å². The van der Waals surface area contributed by atoms with Gasteiger partial charge in [-0.1, -0.05) is 12.1 Å². The van der Waals surface area contributed by atoms with Gasteiger partial charge in [-0.3, -0.25) is 5.10 Å². The molecule has 3 N–H and O–H groups in total. The highest BCUT2D eigenvalue weighted by Gasteiger charge is 2.07. The van der Waals surface area contributed by atoms with Crippen LogP contribution in [0.2, 0.25) is 0 Å². The van der Waals surface area contributed by atoms with Crippen molar-refractivity contribution in [3.05, 3.63) is 59.9 Å². The second-order valence-corrected chi connectivity index (χ2v) is 6.23. The van der Waals surface area contributed by atoms with Crippen LogP contribution >= 0.6 is 24.0 Å². The van der Waals surface area contributed by atoms with Crippen molar-refractivity contribution in [1.82, 2.24) is 25.8 Å². The highest BCUT2D eigenvalue weighted by molar-refractivity contribution is 14.0. The number of guanidine groups is 1. The number of nitrogens with zero attached hydrogens (tertiary/aromatic N) is 3. The van der Waals surface area contributed by atoms with E-state index >= 15 is 0 Å². The summed E-state index contributed by atoms with van der Waals surface area (Å²) in [5, 5.41) is 13.8. The minimum Gasteiger partial charge on any atom is -0.497 e. The van der Waals surface area contributed by atoms with Crippen LogP contribution in [0.1, 0.15) is 18.3 Å². The van der Waals surface area contributed by atoms with Crippen molar-refractivity contribution in [2.24, 2.45) is 4.99 Å². The van der Waals surface area contributed by atoms with Crippen LogP contribution in [0.25, 0.3) is 11.4 Å². The molecule has 9 heteroatoms. The molecule has 3 aromatic rings. The summed E-state index contributed by atoms with van der Waals surface area (Å²) >= 11 is 0. The Labute approximate surface area is 193 Å². The standard InChI is InChI=1S/C21H26N6O2.HI/c1-4-22-21(23-13-15-5-9-17(28-2)10-6-15)24-14-19-25-20(27-26-19)16-7-11-18(29-3)12-8-16;/h5-12H,4,13-14H2,1-3H3,(H2,22,23,24)(H,25,26,27);1H. The number of benzene rings is 2. The van der Waals surface area contributed by atoms with Crippen molar-refractivity contribution in [2.75, 3.05) is 20.8 Å². The first kappa shape index (κ1) is 23.5. The fraction of sp³-hybridized carbons (Fsp3) is 0.286. The number of hydrogen-bond acceptors (Lipinski definition) is 5. The monoisotopic (exact) mass is 522 g/mol. The molecule has 0 unspecified atom stereocenters. The lowest BCUT2D eigenvalue weighted by molar-refractivity contribution is 0.414. The van der Waals surface area contributed by atoms with Gasteiger partial charge in [0.05, 0.1) is 27.3 Å². The van der Waals surface area contributed by atoms with Gasteiger partial charge < -0.3 is 20.1 Å². The molecular formula is C21H27IN6O2. The number of aromatic amines is 1. The zero-order chi connectivity index (χ0) is 20.5. The topological polar surface area (TPSA) is 96.5 Å². The van der Waals surface area contributed by atoms with Crippen molar-refractivity contribution in [3.63, 3.8) is 0 Å². The van der Waals surface area contributed by atoms with E-state index in [2.05, 4.69) is 30.8 Å². The predicted octanol–water partition coefficient (Wildman–Crippen LogP) is 3.36. The van der Waals surface area contributed by atoms with E-state index in [4.69, 9.17) is 9.47 Å². The summed E-state index contributed by atoms with van der Waals surface area (Å²) in [6.07, 6.45) is 0. The first-order chi connectivity index (χ1) is 14.2. The van der Waals surface area contributed by atoms with Crippen LogP contribution in [0.15, 0.2) is 53.5 Å². The Balaban J connectivity index is 0.00000320. The van der Waals surface area contributed by atoms with Gasteiger partial charge in [0, 0.05) is 12.1 Å². The van der Waals surface area contributed by atoms with Crippen LogP contribution in [0.4, 0.5) is 0 Å². The van der Waals surface area contributed by atoms with Gasteiger partial charge in [0.25, 0.3) is 0 Å². The number of halogens is 1. The molecule has 0 amide bonds. The second kappa shape index (κ2) is 12.0. The maximum absolute atomic E-state index is 5.18. The molecule has 0 aliphatic rings. The fourth-order valence-corrected chi connectivity index (χ4v) is 2.65. The first-order valence-electron chi connectivity index (χ1n) is 9.42. The largest absolute Gasteiger partial charge is 0.497 e. The molecule has 30 heavy (non-hydrogen) atoms. The molecule has 0 saturated heterocycles. The summed E-state index contributed by atoms with van der Waals surface area (Å²) in [5.74, 6) is 3.72. The lowest BCUT2D eigenvalue weighted by Gasteiger charge is -2.10. The van der Waals surface area contributed by atoms with Gasteiger partial charge in [0.2, 0.25) is 0 Å². The number of aliphatic imine (C=N–C) groups is 1. The Bertz CT molecular complexity index is 925. The molecular weight excluding hydrogens is 495 g/mol. The molecule has 8 nitrogen and oxygen atoms in total. The van der Waals surface area contributed by atoms with E-state index < -0.39 is 0 Å². The Morgan fingerprint density at radius 1 is 0.967 bits per heavy atom. The molecule has 0 saturated carbocycles. The molecule has 3 rings (SSSR count). The third-order valence-corrected chi connectivity index (χ3v) is 4.23. The molecule has 0 aliphatic heterocycles. The van der Waals surface area contributed by atoms with E-state index in [-0.39, 0.29) is 24.0 Å². The van der Waals surface area contributed by atoms with Gasteiger partial charge in [0.15, 0.2) is 11.8 Å². The van der Waals surface area contributed by atoms with Crippen molar-refractivity contribution in [2.45, 2.75) is 20.0 Å². The van der Waals surface area contributed by atoms with Gasteiger partial charge in [-0.2, -0.15) is 5.10 Å². The molecule has 2 aromatic carbocycles. The predicted molar refractivity (Wildman–Crippen MR) is 128 cm³/mol. The Morgan fingerprint density at radius 3 is 2.20 bits per heavy atom. The molecule has 0 spiro atoms. The normalized spacial score (nSPS) is 10.8. The molecule has 0 aliphatic carbocycles. The molecule has 0 atom stereocenters. The molecule has 0 radical (unpaired) electrons. The number of methoxy groups -OCH3 is 2. The minimum atomic E-state index is 0. The van der Waals surface area contributed by atoms with Gasteiger partial charge >= 0.3 is 0 Å². The average molecular weight is 522 g/mol. The third-order valence-electron chi connectivity index (χ3n) is 4.23. The molecule has 1 heterocycles. The first-order valence-corrected chi connectivity index (χ1v) is 9.42. The molecule has 0 bridgehead atoms. The van der Waals surface area contributed by atoms with Crippen molar-refractivity contribution in [1.29, 1.82) is 0 Å². The summed E-state index contributed by atoms with van der Waals surface area (Å²) in [5.41, 5.74) is 2.03. The number of aromatic nitrogens is 3. The molecule has 0 fully saturated rings.